The van der Waals surface area contributed by atoms with Crippen molar-refractivity contribution >= 4 is 5.91 Å². The average molecular weight is 443 g/mol. The van der Waals surface area contributed by atoms with Gasteiger partial charge >= 0.3 is 0 Å². The molecule has 2 aromatic carbocycles. The van der Waals surface area contributed by atoms with E-state index in [1.807, 2.05) is 81.6 Å². The second-order valence-electron chi connectivity index (χ2n) is 8.09. The minimum absolute atomic E-state index is 0.0913. The van der Waals surface area contributed by atoms with Gasteiger partial charge in [0, 0.05) is 24.2 Å². The highest BCUT2D eigenvalue weighted by atomic mass is 16.5. The topological polar surface area (TPSA) is 94.8 Å². The third-order valence-corrected chi connectivity index (χ3v) is 5.30. The molecule has 0 saturated carbocycles. The van der Waals surface area contributed by atoms with Crippen LogP contribution in [0.1, 0.15) is 47.1 Å². The number of methoxy groups -OCH3 is 1. The van der Waals surface area contributed by atoms with E-state index in [1.54, 1.807) is 11.8 Å². The van der Waals surface area contributed by atoms with Crippen molar-refractivity contribution in [2.24, 2.45) is 0 Å². The number of hydrogen-bond donors (Lipinski definition) is 1. The van der Waals surface area contributed by atoms with Crippen molar-refractivity contribution in [1.29, 1.82) is 0 Å². The molecular weight excluding hydrogens is 416 g/mol. The fourth-order valence-corrected chi connectivity index (χ4v) is 3.45. The third-order valence-electron chi connectivity index (χ3n) is 5.30. The van der Waals surface area contributed by atoms with Crippen LogP contribution in [-0.2, 0) is 6.54 Å². The molecule has 0 aliphatic heterocycles. The number of ether oxygens (including phenoxy) is 1. The Bertz CT molecular complexity index is 1250. The molecule has 0 atom stereocenters. The molecule has 0 radical (unpaired) electrons. The maximum atomic E-state index is 13.3. The summed E-state index contributed by atoms with van der Waals surface area (Å²) in [4.78, 5) is 17.8. The van der Waals surface area contributed by atoms with Crippen LogP contribution in [0.4, 0.5) is 0 Å². The highest BCUT2D eigenvalue weighted by Gasteiger charge is 2.20. The highest BCUT2D eigenvalue weighted by Crippen LogP contribution is 2.25. The number of carbonyl (C=O) groups excluding carboxylic acids is 1. The monoisotopic (exact) mass is 442 g/mol. The van der Waals surface area contributed by atoms with Gasteiger partial charge in [-0.1, -0.05) is 38.1 Å². The first-order valence-corrected chi connectivity index (χ1v) is 10.7. The van der Waals surface area contributed by atoms with Crippen LogP contribution in [0.5, 0.6) is 5.75 Å². The molecule has 2 heterocycles. The van der Waals surface area contributed by atoms with Crippen LogP contribution in [0.25, 0.3) is 16.9 Å². The summed E-state index contributed by atoms with van der Waals surface area (Å²) in [6.45, 7) is 6.39. The summed E-state index contributed by atoms with van der Waals surface area (Å²) in [5, 5.41) is 15.1. The van der Waals surface area contributed by atoms with Crippen LogP contribution in [0, 0.1) is 6.92 Å². The number of tetrazole rings is 1. The second-order valence-corrected chi connectivity index (χ2v) is 8.09. The van der Waals surface area contributed by atoms with Gasteiger partial charge in [-0.25, -0.2) is 0 Å². The summed E-state index contributed by atoms with van der Waals surface area (Å²) in [6, 6.07) is 17.1. The fourth-order valence-electron chi connectivity index (χ4n) is 3.45. The number of benzene rings is 2. The number of pyridine rings is 1. The molecule has 33 heavy (non-hydrogen) atoms. The standard InChI is InChI=1S/C25H26N6O2/c1-16(2)24-28-29-30-31(24)23-12-8-19(22-11-5-17(3)14-26-22)13-21(23)25(32)27-15-18-6-9-20(33-4)10-7-18/h5-14,16H,15H2,1-4H3,(H,27,32). The van der Waals surface area contributed by atoms with Crippen molar-refractivity contribution < 1.29 is 9.53 Å². The molecule has 1 N–H and O–H groups in total. The maximum Gasteiger partial charge on any atom is 0.253 e. The predicted molar refractivity (Wildman–Crippen MR) is 125 cm³/mol. The zero-order valence-corrected chi connectivity index (χ0v) is 19.1. The largest absolute Gasteiger partial charge is 0.497 e. The van der Waals surface area contributed by atoms with Gasteiger partial charge in [-0.3, -0.25) is 9.78 Å². The molecule has 0 spiro atoms. The van der Waals surface area contributed by atoms with Crippen LogP contribution in [-0.4, -0.2) is 38.2 Å². The molecule has 0 aliphatic carbocycles. The predicted octanol–water partition coefficient (Wildman–Crippen LogP) is 4.09. The third kappa shape index (κ3) is 4.90. The normalized spacial score (nSPS) is 10.9. The van der Waals surface area contributed by atoms with Gasteiger partial charge < -0.3 is 10.1 Å². The molecule has 8 heteroatoms. The number of aromatic nitrogens is 5. The van der Waals surface area contributed by atoms with E-state index in [0.717, 1.165) is 28.1 Å². The van der Waals surface area contributed by atoms with Crippen molar-refractivity contribution in [3.63, 3.8) is 0 Å². The summed E-state index contributed by atoms with van der Waals surface area (Å²) in [5.41, 5.74) is 4.75. The molecule has 0 fully saturated rings. The van der Waals surface area contributed by atoms with E-state index in [2.05, 4.69) is 25.8 Å². The molecule has 0 bridgehead atoms. The van der Waals surface area contributed by atoms with E-state index in [9.17, 15) is 4.79 Å². The Kier molecular flexibility index (Phi) is 6.44. The van der Waals surface area contributed by atoms with E-state index >= 15 is 0 Å². The molecule has 0 saturated heterocycles. The smallest absolute Gasteiger partial charge is 0.253 e. The Morgan fingerprint density at radius 3 is 2.55 bits per heavy atom. The molecular formula is C25H26N6O2. The van der Waals surface area contributed by atoms with Crippen molar-refractivity contribution in [3.05, 3.63) is 83.3 Å². The van der Waals surface area contributed by atoms with Gasteiger partial charge in [0.15, 0.2) is 5.82 Å². The summed E-state index contributed by atoms with van der Waals surface area (Å²) in [5.74, 6) is 1.32. The van der Waals surface area contributed by atoms with E-state index in [0.29, 0.717) is 23.6 Å². The molecule has 2 aromatic heterocycles. The number of rotatable bonds is 7. The minimum Gasteiger partial charge on any atom is -0.497 e. The lowest BCUT2D eigenvalue weighted by atomic mass is 10.0. The Morgan fingerprint density at radius 1 is 1.09 bits per heavy atom. The number of nitrogens with zero attached hydrogens (tertiary/aromatic N) is 5. The van der Waals surface area contributed by atoms with E-state index in [-0.39, 0.29) is 11.8 Å². The Labute approximate surface area is 192 Å². The lowest BCUT2D eigenvalue weighted by molar-refractivity contribution is 0.0950. The lowest BCUT2D eigenvalue weighted by Gasteiger charge is -2.14. The summed E-state index contributed by atoms with van der Waals surface area (Å²) < 4.78 is 6.82. The van der Waals surface area contributed by atoms with Crippen molar-refractivity contribution in [3.8, 4) is 22.7 Å². The minimum atomic E-state index is -0.222. The maximum absolute atomic E-state index is 13.3. The number of nitrogens with one attached hydrogen (secondary N) is 1. The lowest BCUT2D eigenvalue weighted by Crippen LogP contribution is -2.25. The molecule has 1 amide bonds. The fraction of sp³-hybridized carbons (Fsp3) is 0.240. The van der Waals surface area contributed by atoms with Gasteiger partial charge in [0.2, 0.25) is 0 Å². The first kappa shape index (κ1) is 22.1. The summed E-state index contributed by atoms with van der Waals surface area (Å²) >= 11 is 0. The van der Waals surface area contributed by atoms with Crippen molar-refractivity contribution in [2.75, 3.05) is 7.11 Å². The van der Waals surface area contributed by atoms with Gasteiger partial charge in [-0.05, 0) is 58.8 Å². The zero-order valence-electron chi connectivity index (χ0n) is 19.1. The van der Waals surface area contributed by atoms with E-state index in [1.165, 1.54) is 0 Å². The van der Waals surface area contributed by atoms with Crippen LogP contribution in [0.15, 0.2) is 60.8 Å². The van der Waals surface area contributed by atoms with E-state index < -0.39 is 0 Å². The Hall–Kier alpha value is -4.07. The number of amides is 1. The number of hydrogen-bond acceptors (Lipinski definition) is 6. The van der Waals surface area contributed by atoms with Crippen LogP contribution < -0.4 is 10.1 Å². The van der Waals surface area contributed by atoms with Gasteiger partial charge in [0.1, 0.15) is 5.75 Å². The SMILES string of the molecule is COc1ccc(CNC(=O)c2cc(-c3ccc(C)cn3)ccc2-n2nnnc2C(C)C)cc1. The molecule has 8 nitrogen and oxygen atoms in total. The molecule has 0 aliphatic rings. The van der Waals surface area contributed by atoms with Gasteiger partial charge in [0.25, 0.3) is 5.91 Å². The Balaban J connectivity index is 1.70. The van der Waals surface area contributed by atoms with Gasteiger partial charge in [-0.15, -0.1) is 5.10 Å². The molecule has 168 valence electrons. The average Bonchev–Trinajstić information content (AvgIpc) is 3.33. The van der Waals surface area contributed by atoms with Gasteiger partial charge in [-0.2, -0.15) is 4.68 Å². The van der Waals surface area contributed by atoms with E-state index in [4.69, 9.17) is 4.74 Å². The quantitative estimate of drug-likeness (QED) is 0.463. The van der Waals surface area contributed by atoms with Crippen molar-refractivity contribution in [2.45, 2.75) is 33.2 Å². The molecule has 0 unspecified atom stereocenters. The van der Waals surface area contributed by atoms with Gasteiger partial charge in [0.05, 0.1) is 24.1 Å². The van der Waals surface area contributed by atoms with Crippen molar-refractivity contribution in [1.82, 2.24) is 30.5 Å². The first-order chi connectivity index (χ1) is 16.0. The molecule has 4 rings (SSSR count). The molecule has 4 aromatic rings. The number of carbonyl (C=O) groups is 1. The van der Waals surface area contributed by atoms with Crippen LogP contribution >= 0.6 is 0 Å². The zero-order chi connectivity index (χ0) is 23.4. The summed E-state index contributed by atoms with van der Waals surface area (Å²) in [6.07, 6.45) is 1.81. The Morgan fingerprint density at radius 2 is 1.88 bits per heavy atom. The first-order valence-electron chi connectivity index (χ1n) is 10.7. The second kappa shape index (κ2) is 9.60. The highest BCUT2D eigenvalue weighted by molar-refractivity contribution is 5.99. The van der Waals surface area contributed by atoms with Crippen LogP contribution in [0.2, 0.25) is 0 Å². The summed E-state index contributed by atoms with van der Waals surface area (Å²) in [7, 11) is 1.62. The number of aryl methyl sites for hydroxylation is 1. The van der Waals surface area contributed by atoms with Crippen LogP contribution in [0.3, 0.4) is 0 Å².